The summed E-state index contributed by atoms with van der Waals surface area (Å²) in [5.41, 5.74) is 3.03. The third-order valence-electron chi connectivity index (χ3n) is 4.12. The molecule has 0 aliphatic carbocycles. The Hall–Kier alpha value is -0.930. The van der Waals surface area contributed by atoms with E-state index < -0.39 is 0 Å². The average molecular weight is 514 g/mol. The Balaban J connectivity index is 0.00000338. The molecule has 0 amide bonds. The third-order valence-corrected chi connectivity index (χ3v) is 4.96. The van der Waals surface area contributed by atoms with Gasteiger partial charge in [0.2, 0.25) is 0 Å². The molecule has 0 aliphatic heterocycles. The number of aryl methyl sites for hydroxylation is 2. The summed E-state index contributed by atoms with van der Waals surface area (Å²) in [5.74, 6) is 1.87. The van der Waals surface area contributed by atoms with E-state index in [1.165, 1.54) is 0 Å². The first-order valence-corrected chi connectivity index (χ1v) is 9.05. The Bertz CT molecular complexity index is 737. The van der Waals surface area contributed by atoms with Gasteiger partial charge >= 0.3 is 0 Å². The molecule has 0 radical (unpaired) electrons. The molecule has 26 heavy (non-hydrogen) atoms. The highest BCUT2D eigenvalue weighted by atomic mass is 127. The minimum absolute atomic E-state index is 0. The lowest BCUT2D eigenvalue weighted by Gasteiger charge is -2.16. The lowest BCUT2D eigenvalue weighted by molar-refractivity contribution is 0.391. The van der Waals surface area contributed by atoms with Crippen LogP contribution in [0.4, 0.5) is 0 Å². The number of nitrogens with one attached hydrogen (secondary N) is 2. The van der Waals surface area contributed by atoms with Crippen molar-refractivity contribution < 1.29 is 4.52 Å². The third kappa shape index (κ3) is 5.53. The van der Waals surface area contributed by atoms with Crippen molar-refractivity contribution in [2.24, 2.45) is 12.0 Å². The van der Waals surface area contributed by atoms with Crippen molar-refractivity contribution in [1.29, 1.82) is 0 Å². The SMILES string of the molecule is CCNC(=NCc1cc(Cl)c(Cl)n1C)NCC(C)c1c(C)noc1C.I. The van der Waals surface area contributed by atoms with E-state index in [0.29, 0.717) is 16.7 Å². The molecule has 0 aliphatic rings. The maximum absolute atomic E-state index is 6.10. The van der Waals surface area contributed by atoms with Crippen LogP contribution in [0.15, 0.2) is 15.6 Å². The van der Waals surface area contributed by atoms with Gasteiger partial charge in [-0.05, 0) is 26.8 Å². The van der Waals surface area contributed by atoms with E-state index in [1.807, 2.05) is 38.5 Å². The number of guanidine groups is 1. The predicted octanol–water partition coefficient (Wildman–Crippen LogP) is 4.41. The van der Waals surface area contributed by atoms with Gasteiger partial charge in [-0.1, -0.05) is 35.3 Å². The summed E-state index contributed by atoms with van der Waals surface area (Å²) >= 11 is 12.2. The lowest BCUT2D eigenvalue weighted by Crippen LogP contribution is -2.39. The minimum atomic E-state index is 0. The lowest BCUT2D eigenvalue weighted by atomic mass is 10.00. The van der Waals surface area contributed by atoms with Crippen molar-refractivity contribution in [2.45, 2.75) is 40.2 Å². The summed E-state index contributed by atoms with van der Waals surface area (Å²) in [6.45, 7) is 10.1. The number of rotatable bonds is 6. The van der Waals surface area contributed by atoms with Crippen molar-refractivity contribution in [3.63, 3.8) is 0 Å². The Kier molecular flexibility index (Phi) is 9.26. The number of aromatic nitrogens is 2. The van der Waals surface area contributed by atoms with Crippen LogP contribution >= 0.6 is 47.2 Å². The van der Waals surface area contributed by atoms with Crippen molar-refractivity contribution in [2.75, 3.05) is 13.1 Å². The zero-order valence-corrected chi connectivity index (χ0v) is 19.5. The zero-order chi connectivity index (χ0) is 18.6. The highest BCUT2D eigenvalue weighted by molar-refractivity contribution is 14.0. The second-order valence-electron chi connectivity index (χ2n) is 6.05. The van der Waals surface area contributed by atoms with Crippen LogP contribution < -0.4 is 10.6 Å². The van der Waals surface area contributed by atoms with Crippen molar-refractivity contribution in [1.82, 2.24) is 20.4 Å². The summed E-state index contributed by atoms with van der Waals surface area (Å²) in [4.78, 5) is 4.61. The number of halogens is 3. The van der Waals surface area contributed by atoms with Gasteiger partial charge in [0, 0.05) is 37.3 Å². The Labute approximate surface area is 181 Å². The van der Waals surface area contributed by atoms with Crippen LogP contribution in [0.5, 0.6) is 0 Å². The molecule has 2 rings (SSSR count). The van der Waals surface area contributed by atoms with Crippen LogP contribution in [0.2, 0.25) is 10.2 Å². The van der Waals surface area contributed by atoms with E-state index in [-0.39, 0.29) is 29.9 Å². The Morgan fingerprint density at radius 2 is 2.04 bits per heavy atom. The Morgan fingerprint density at radius 1 is 1.35 bits per heavy atom. The summed E-state index contributed by atoms with van der Waals surface area (Å²) in [6, 6.07) is 1.84. The fourth-order valence-electron chi connectivity index (χ4n) is 2.79. The largest absolute Gasteiger partial charge is 0.361 e. The summed E-state index contributed by atoms with van der Waals surface area (Å²) in [5, 5.41) is 11.7. The second-order valence-corrected chi connectivity index (χ2v) is 6.81. The predicted molar refractivity (Wildman–Crippen MR) is 118 cm³/mol. The first-order chi connectivity index (χ1) is 11.8. The van der Waals surface area contributed by atoms with E-state index in [0.717, 1.165) is 41.8 Å². The van der Waals surface area contributed by atoms with Gasteiger partial charge in [-0.2, -0.15) is 0 Å². The molecule has 146 valence electrons. The topological polar surface area (TPSA) is 67.4 Å². The number of nitrogens with zero attached hydrogens (tertiary/aromatic N) is 3. The molecule has 2 heterocycles. The molecule has 0 aromatic carbocycles. The van der Waals surface area contributed by atoms with Gasteiger partial charge in [-0.3, -0.25) is 0 Å². The fraction of sp³-hybridized carbons (Fsp3) is 0.529. The average Bonchev–Trinajstić information content (AvgIpc) is 3.03. The molecule has 2 N–H and O–H groups in total. The molecule has 1 unspecified atom stereocenters. The number of aliphatic imine (C=N–C) groups is 1. The number of hydrogen-bond acceptors (Lipinski definition) is 3. The maximum atomic E-state index is 6.10. The van der Waals surface area contributed by atoms with Gasteiger partial charge in [0.25, 0.3) is 0 Å². The van der Waals surface area contributed by atoms with Crippen LogP contribution in [0.25, 0.3) is 0 Å². The highest BCUT2D eigenvalue weighted by Crippen LogP contribution is 2.25. The smallest absolute Gasteiger partial charge is 0.191 e. The van der Waals surface area contributed by atoms with Gasteiger partial charge in [-0.25, -0.2) is 4.99 Å². The second kappa shape index (κ2) is 10.4. The summed E-state index contributed by atoms with van der Waals surface area (Å²) in [7, 11) is 1.87. The van der Waals surface area contributed by atoms with E-state index in [2.05, 4.69) is 27.7 Å². The maximum Gasteiger partial charge on any atom is 0.191 e. The minimum Gasteiger partial charge on any atom is -0.361 e. The first-order valence-electron chi connectivity index (χ1n) is 8.29. The molecule has 0 spiro atoms. The molecule has 0 bridgehead atoms. The van der Waals surface area contributed by atoms with E-state index in [9.17, 15) is 0 Å². The summed E-state index contributed by atoms with van der Waals surface area (Å²) < 4.78 is 7.09. The quantitative estimate of drug-likeness (QED) is 0.341. The fourth-order valence-corrected chi connectivity index (χ4v) is 3.20. The van der Waals surface area contributed by atoms with Gasteiger partial charge in [0.1, 0.15) is 10.9 Å². The summed E-state index contributed by atoms with van der Waals surface area (Å²) in [6.07, 6.45) is 0. The van der Waals surface area contributed by atoms with Crippen LogP contribution in [0.1, 0.15) is 42.5 Å². The molecule has 0 fully saturated rings. The van der Waals surface area contributed by atoms with E-state index in [1.54, 1.807) is 0 Å². The molecule has 0 saturated heterocycles. The van der Waals surface area contributed by atoms with Crippen molar-refractivity contribution in [3.8, 4) is 0 Å². The van der Waals surface area contributed by atoms with E-state index >= 15 is 0 Å². The number of hydrogen-bond donors (Lipinski definition) is 2. The molecule has 6 nitrogen and oxygen atoms in total. The molecule has 1 atom stereocenters. The molecule has 2 aromatic heterocycles. The highest BCUT2D eigenvalue weighted by Gasteiger charge is 2.16. The van der Waals surface area contributed by atoms with E-state index in [4.69, 9.17) is 27.7 Å². The first kappa shape index (κ1) is 23.1. The van der Waals surface area contributed by atoms with Crippen molar-refractivity contribution in [3.05, 3.63) is 39.0 Å². The zero-order valence-electron chi connectivity index (χ0n) is 15.7. The van der Waals surface area contributed by atoms with Gasteiger partial charge in [0.15, 0.2) is 5.96 Å². The van der Waals surface area contributed by atoms with Crippen molar-refractivity contribution >= 4 is 53.1 Å². The van der Waals surface area contributed by atoms with Crippen LogP contribution in [-0.2, 0) is 13.6 Å². The molecule has 9 heteroatoms. The van der Waals surface area contributed by atoms with Gasteiger partial charge in [-0.15, -0.1) is 24.0 Å². The van der Waals surface area contributed by atoms with Gasteiger partial charge in [0.05, 0.1) is 17.3 Å². The van der Waals surface area contributed by atoms with Crippen LogP contribution in [0, 0.1) is 13.8 Å². The van der Waals surface area contributed by atoms with Crippen LogP contribution in [0.3, 0.4) is 0 Å². The Morgan fingerprint density at radius 3 is 2.54 bits per heavy atom. The standard InChI is InChI=1S/C17H25Cl2N5O.HI/c1-6-20-17(22-9-13-7-14(18)16(19)24(13)5)21-8-10(2)15-11(3)23-25-12(15)4;/h7,10H,6,8-9H2,1-5H3,(H2,20,21,22);1H. The molecule has 0 saturated carbocycles. The molecular weight excluding hydrogens is 488 g/mol. The molecular formula is C17H26Cl2IN5O. The molecule has 2 aromatic rings. The van der Waals surface area contributed by atoms with Crippen LogP contribution in [-0.4, -0.2) is 28.8 Å². The monoisotopic (exact) mass is 513 g/mol. The normalized spacial score (nSPS) is 12.7. The van der Waals surface area contributed by atoms with Gasteiger partial charge < -0.3 is 19.7 Å².